The van der Waals surface area contributed by atoms with Crippen LogP contribution in [0.25, 0.3) is 0 Å². The first-order valence-electron chi connectivity index (χ1n) is 9.12. The van der Waals surface area contributed by atoms with Crippen LogP contribution in [-0.2, 0) is 39.7 Å². The molecule has 0 atom stereocenters. The van der Waals surface area contributed by atoms with E-state index in [1.807, 2.05) is 0 Å². The SMILES string of the molecule is CCOC(=O)CN(CC(=O)O)c1sc(C2OC(C)O2)c(CC2OC(C)O2)c1C#N. The van der Waals surface area contributed by atoms with Crippen LogP contribution in [0, 0.1) is 11.3 Å². The van der Waals surface area contributed by atoms with Gasteiger partial charge in [0.1, 0.15) is 24.2 Å². The number of ether oxygens (including phenoxy) is 5. The molecule has 0 radical (unpaired) electrons. The molecule has 0 saturated carbocycles. The van der Waals surface area contributed by atoms with Crippen molar-refractivity contribution in [1.82, 2.24) is 0 Å². The summed E-state index contributed by atoms with van der Waals surface area (Å²) < 4.78 is 27.1. The van der Waals surface area contributed by atoms with E-state index in [-0.39, 0.29) is 37.7 Å². The molecule has 3 heterocycles. The Bertz CT molecular complexity index is 808. The average Bonchev–Trinajstić information content (AvgIpc) is 2.95. The third kappa shape index (κ3) is 4.85. The Labute approximate surface area is 171 Å². The lowest BCUT2D eigenvalue weighted by Gasteiger charge is -2.36. The van der Waals surface area contributed by atoms with Gasteiger partial charge in [0.05, 0.1) is 17.0 Å². The smallest absolute Gasteiger partial charge is 0.325 e. The monoisotopic (exact) mass is 426 g/mol. The van der Waals surface area contributed by atoms with E-state index in [9.17, 15) is 20.0 Å². The zero-order valence-electron chi connectivity index (χ0n) is 16.2. The van der Waals surface area contributed by atoms with Crippen molar-refractivity contribution in [3.63, 3.8) is 0 Å². The number of carbonyl (C=O) groups excluding carboxylic acids is 1. The van der Waals surface area contributed by atoms with Crippen molar-refractivity contribution < 1.29 is 38.4 Å². The van der Waals surface area contributed by atoms with Crippen LogP contribution in [-0.4, -0.2) is 55.6 Å². The molecule has 0 aliphatic carbocycles. The van der Waals surface area contributed by atoms with E-state index in [4.69, 9.17) is 23.7 Å². The molecule has 10 nitrogen and oxygen atoms in total. The van der Waals surface area contributed by atoms with Gasteiger partial charge in [-0.3, -0.25) is 9.59 Å². The van der Waals surface area contributed by atoms with Crippen molar-refractivity contribution >= 4 is 28.3 Å². The average molecular weight is 426 g/mol. The predicted octanol–water partition coefficient (Wildman–Crippen LogP) is 1.73. The van der Waals surface area contributed by atoms with Crippen molar-refractivity contribution in [3.05, 3.63) is 16.0 Å². The van der Waals surface area contributed by atoms with Gasteiger partial charge in [0, 0.05) is 6.42 Å². The Kier molecular flexibility index (Phi) is 6.71. The van der Waals surface area contributed by atoms with Gasteiger partial charge in [0.2, 0.25) is 0 Å². The van der Waals surface area contributed by atoms with Gasteiger partial charge >= 0.3 is 11.9 Å². The van der Waals surface area contributed by atoms with E-state index >= 15 is 0 Å². The molecule has 29 heavy (non-hydrogen) atoms. The number of nitriles is 1. The standard InChI is InChI=1S/C18H22N2O8S/c1-4-24-14(23)8-20(7-13(21)22)17-12(6-19)11(5-15-25-9(2)26-15)16(29-17)18-27-10(3)28-18/h9-10,15,18H,4-5,7-8H2,1-3H3,(H,21,22). The molecule has 2 fully saturated rings. The summed E-state index contributed by atoms with van der Waals surface area (Å²) in [5.74, 6) is -1.72. The molecule has 2 aliphatic heterocycles. The van der Waals surface area contributed by atoms with E-state index in [2.05, 4.69) is 6.07 Å². The second kappa shape index (κ2) is 9.06. The minimum Gasteiger partial charge on any atom is -0.480 e. The first-order chi connectivity index (χ1) is 13.8. The molecule has 0 aromatic carbocycles. The van der Waals surface area contributed by atoms with Crippen molar-refractivity contribution in [2.45, 2.75) is 52.4 Å². The van der Waals surface area contributed by atoms with E-state index in [1.54, 1.807) is 20.8 Å². The van der Waals surface area contributed by atoms with Crippen LogP contribution in [0.3, 0.4) is 0 Å². The number of nitrogens with zero attached hydrogens (tertiary/aromatic N) is 2. The molecular formula is C18H22N2O8S. The Morgan fingerprint density at radius 2 is 1.86 bits per heavy atom. The number of aliphatic carboxylic acids is 1. The van der Waals surface area contributed by atoms with E-state index < -0.39 is 31.1 Å². The molecule has 11 heteroatoms. The highest BCUT2D eigenvalue weighted by Crippen LogP contribution is 2.45. The summed E-state index contributed by atoms with van der Waals surface area (Å²) in [5.41, 5.74) is 0.842. The first-order valence-corrected chi connectivity index (χ1v) is 9.93. The summed E-state index contributed by atoms with van der Waals surface area (Å²) >= 11 is 1.16. The lowest BCUT2D eigenvalue weighted by Crippen LogP contribution is -2.40. The minimum absolute atomic E-state index is 0.169. The van der Waals surface area contributed by atoms with Gasteiger partial charge in [0.15, 0.2) is 25.2 Å². The summed E-state index contributed by atoms with van der Waals surface area (Å²) in [6.45, 7) is 4.56. The van der Waals surface area contributed by atoms with Crippen molar-refractivity contribution in [2.75, 3.05) is 24.6 Å². The normalized spacial score (nSPS) is 25.4. The van der Waals surface area contributed by atoms with Crippen LogP contribution in [0.15, 0.2) is 0 Å². The lowest BCUT2D eigenvalue weighted by atomic mass is 10.1. The molecule has 0 bridgehead atoms. The molecule has 0 amide bonds. The Morgan fingerprint density at radius 3 is 2.38 bits per heavy atom. The molecule has 0 spiro atoms. The highest BCUT2D eigenvalue weighted by atomic mass is 32.1. The summed E-state index contributed by atoms with van der Waals surface area (Å²) in [5, 5.41) is 19.4. The maximum absolute atomic E-state index is 12.0. The van der Waals surface area contributed by atoms with Crippen molar-refractivity contribution in [2.24, 2.45) is 0 Å². The van der Waals surface area contributed by atoms with Gasteiger partial charge in [-0.25, -0.2) is 0 Å². The second-order valence-electron chi connectivity index (χ2n) is 6.44. The molecule has 1 N–H and O–H groups in total. The van der Waals surface area contributed by atoms with Crippen LogP contribution in [0.5, 0.6) is 0 Å². The van der Waals surface area contributed by atoms with Gasteiger partial charge in [-0.2, -0.15) is 5.26 Å². The van der Waals surface area contributed by atoms with Crippen molar-refractivity contribution in [3.8, 4) is 6.07 Å². The maximum Gasteiger partial charge on any atom is 0.325 e. The fourth-order valence-electron chi connectivity index (χ4n) is 3.11. The quantitative estimate of drug-likeness (QED) is 0.583. The highest BCUT2D eigenvalue weighted by molar-refractivity contribution is 7.16. The van der Waals surface area contributed by atoms with Gasteiger partial charge < -0.3 is 33.7 Å². The van der Waals surface area contributed by atoms with Crippen LogP contribution in [0.4, 0.5) is 5.00 Å². The van der Waals surface area contributed by atoms with E-state index in [0.717, 1.165) is 11.3 Å². The summed E-state index contributed by atoms with van der Waals surface area (Å²) in [6.07, 6.45) is -1.62. The van der Waals surface area contributed by atoms with Gasteiger partial charge in [-0.15, -0.1) is 11.3 Å². The van der Waals surface area contributed by atoms with Crippen molar-refractivity contribution in [1.29, 1.82) is 5.26 Å². The van der Waals surface area contributed by atoms with Crippen LogP contribution < -0.4 is 4.90 Å². The number of hydrogen-bond acceptors (Lipinski definition) is 10. The molecule has 1 aromatic heterocycles. The third-order valence-corrected chi connectivity index (χ3v) is 5.59. The largest absolute Gasteiger partial charge is 0.480 e. The van der Waals surface area contributed by atoms with Crippen LogP contribution >= 0.6 is 11.3 Å². The topological polar surface area (TPSA) is 128 Å². The predicted molar refractivity (Wildman–Crippen MR) is 99.0 cm³/mol. The van der Waals surface area contributed by atoms with E-state index in [1.165, 1.54) is 4.90 Å². The first kappa shape index (κ1) is 21.5. The van der Waals surface area contributed by atoms with Crippen LogP contribution in [0.1, 0.15) is 43.1 Å². The number of anilines is 1. The van der Waals surface area contributed by atoms with E-state index in [0.29, 0.717) is 15.4 Å². The lowest BCUT2D eigenvalue weighted by molar-refractivity contribution is -0.383. The van der Waals surface area contributed by atoms with Gasteiger partial charge in [0.25, 0.3) is 0 Å². The fraction of sp³-hybridized carbons (Fsp3) is 0.611. The Balaban J connectivity index is 1.95. The number of esters is 1. The molecular weight excluding hydrogens is 404 g/mol. The number of rotatable bonds is 9. The summed E-state index contributed by atoms with van der Waals surface area (Å²) in [6, 6.07) is 2.12. The third-order valence-electron chi connectivity index (χ3n) is 4.27. The van der Waals surface area contributed by atoms with Crippen LogP contribution in [0.2, 0.25) is 0 Å². The highest BCUT2D eigenvalue weighted by Gasteiger charge is 2.38. The van der Waals surface area contributed by atoms with Gasteiger partial charge in [-0.1, -0.05) is 0 Å². The molecule has 0 unspecified atom stereocenters. The molecule has 158 valence electrons. The Morgan fingerprint density at radius 1 is 1.21 bits per heavy atom. The zero-order chi connectivity index (χ0) is 21.1. The number of thiophene rings is 1. The summed E-state index contributed by atoms with van der Waals surface area (Å²) in [7, 11) is 0. The number of hydrogen-bond donors (Lipinski definition) is 1. The molecule has 2 saturated heterocycles. The molecule has 1 aromatic rings. The number of carboxylic acids is 1. The fourth-order valence-corrected chi connectivity index (χ4v) is 4.36. The molecule has 2 aliphatic rings. The summed E-state index contributed by atoms with van der Waals surface area (Å²) in [4.78, 5) is 25.3. The number of carbonyl (C=O) groups is 2. The molecule has 3 rings (SSSR count). The van der Waals surface area contributed by atoms with Gasteiger partial charge in [-0.05, 0) is 26.3 Å². The minimum atomic E-state index is -1.14. The zero-order valence-corrected chi connectivity index (χ0v) is 17.1. The Hall–Kier alpha value is -2.23. The number of carboxylic acid groups (broad SMARTS) is 1. The maximum atomic E-state index is 12.0. The second-order valence-corrected chi connectivity index (χ2v) is 7.47.